The number of nitrogen functional groups attached to an aromatic ring is 1. The van der Waals surface area contributed by atoms with Gasteiger partial charge in [-0.3, -0.25) is 16.0 Å². The van der Waals surface area contributed by atoms with Crippen molar-refractivity contribution in [2.75, 3.05) is 5.43 Å². The molecule has 0 fully saturated rings. The summed E-state index contributed by atoms with van der Waals surface area (Å²) in [6.07, 6.45) is 0. The molecule has 0 aliphatic heterocycles. The number of hydrazine groups is 1. The molecule has 0 saturated heterocycles. The fourth-order valence-corrected chi connectivity index (χ4v) is 2.24. The Morgan fingerprint density at radius 2 is 1.90 bits per heavy atom. The van der Waals surface area contributed by atoms with Crippen LogP contribution in [0.25, 0.3) is 0 Å². The van der Waals surface area contributed by atoms with E-state index in [4.69, 9.17) is 10.6 Å². The number of benzene rings is 2. The molecule has 21 heavy (non-hydrogen) atoms. The Balaban J connectivity index is 2.07. The Morgan fingerprint density at radius 3 is 2.57 bits per heavy atom. The summed E-state index contributed by atoms with van der Waals surface area (Å²) < 4.78 is 6.58. The maximum atomic E-state index is 10.8. The van der Waals surface area contributed by atoms with E-state index in [1.54, 1.807) is 6.07 Å². The van der Waals surface area contributed by atoms with Gasteiger partial charge in [0.15, 0.2) is 0 Å². The van der Waals surface area contributed by atoms with Gasteiger partial charge in [-0.2, -0.15) is 0 Å². The first-order valence-electron chi connectivity index (χ1n) is 6.17. The Bertz CT molecular complexity index is 649. The lowest BCUT2D eigenvalue weighted by Gasteiger charge is -2.10. The minimum absolute atomic E-state index is 0.00786. The van der Waals surface area contributed by atoms with E-state index in [0.29, 0.717) is 17.9 Å². The SMILES string of the molecule is NNc1ccc([N+](=O)[O-])cc1COCc1ccccc1Br. The number of anilines is 1. The Kier molecular flexibility index (Phi) is 5.26. The van der Waals surface area contributed by atoms with Crippen molar-refractivity contribution in [2.24, 2.45) is 5.84 Å². The van der Waals surface area contributed by atoms with Crippen molar-refractivity contribution in [3.63, 3.8) is 0 Å². The molecule has 3 N–H and O–H groups in total. The van der Waals surface area contributed by atoms with Crippen molar-refractivity contribution in [3.8, 4) is 0 Å². The summed E-state index contributed by atoms with van der Waals surface area (Å²) in [6.45, 7) is 0.622. The number of nitrogens with one attached hydrogen (secondary N) is 1. The zero-order valence-corrected chi connectivity index (χ0v) is 12.7. The number of ether oxygens (including phenoxy) is 1. The van der Waals surface area contributed by atoms with Gasteiger partial charge in [0.25, 0.3) is 5.69 Å². The lowest BCUT2D eigenvalue weighted by atomic mass is 10.1. The second-order valence-corrected chi connectivity index (χ2v) is 5.18. The van der Waals surface area contributed by atoms with Crippen molar-refractivity contribution >= 4 is 27.3 Å². The topological polar surface area (TPSA) is 90.4 Å². The summed E-state index contributed by atoms with van der Waals surface area (Å²) in [5.74, 6) is 5.40. The lowest BCUT2D eigenvalue weighted by molar-refractivity contribution is -0.384. The van der Waals surface area contributed by atoms with Crippen LogP contribution in [-0.4, -0.2) is 4.92 Å². The molecule has 7 heteroatoms. The van der Waals surface area contributed by atoms with Crippen molar-refractivity contribution in [3.05, 3.63) is 68.2 Å². The van der Waals surface area contributed by atoms with E-state index in [-0.39, 0.29) is 12.3 Å². The van der Waals surface area contributed by atoms with E-state index in [1.165, 1.54) is 12.1 Å². The average molecular weight is 352 g/mol. The summed E-state index contributed by atoms with van der Waals surface area (Å²) in [6, 6.07) is 12.1. The molecular formula is C14H14BrN3O3. The summed E-state index contributed by atoms with van der Waals surface area (Å²) in [5, 5.41) is 10.8. The van der Waals surface area contributed by atoms with Gasteiger partial charge in [0.1, 0.15) is 0 Å². The molecule has 0 aliphatic rings. The van der Waals surface area contributed by atoms with Crippen molar-refractivity contribution < 1.29 is 9.66 Å². The van der Waals surface area contributed by atoms with E-state index in [9.17, 15) is 10.1 Å². The van der Waals surface area contributed by atoms with Gasteiger partial charge in [0.2, 0.25) is 0 Å². The highest BCUT2D eigenvalue weighted by Gasteiger charge is 2.10. The van der Waals surface area contributed by atoms with Crippen LogP contribution in [0.5, 0.6) is 0 Å². The minimum Gasteiger partial charge on any atom is -0.372 e. The molecule has 0 saturated carbocycles. The van der Waals surface area contributed by atoms with E-state index in [2.05, 4.69) is 21.4 Å². The van der Waals surface area contributed by atoms with Gasteiger partial charge in [0.05, 0.1) is 23.8 Å². The molecule has 0 atom stereocenters. The predicted molar refractivity (Wildman–Crippen MR) is 83.5 cm³/mol. The predicted octanol–water partition coefficient (Wildman–Crippen LogP) is 3.36. The standard InChI is InChI=1S/C14H14BrN3O3/c15-13-4-2-1-3-10(13)8-21-9-11-7-12(18(19)20)5-6-14(11)17-16/h1-7,17H,8-9,16H2. The second-order valence-electron chi connectivity index (χ2n) is 4.33. The molecule has 2 rings (SSSR count). The first-order valence-corrected chi connectivity index (χ1v) is 6.96. The van der Waals surface area contributed by atoms with Crippen molar-refractivity contribution in [2.45, 2.75) is 13.2 Å². The maximum Gasteiger partial charge on any atom is 0.269 e. The number of non-ortho nitro benzene ring substituents is 1. The molecule has 0 radical (unpaired) electrons. The van der Waals surface area contributed by atoms with Gasteiger partial charge in [0, 0.05) is 22.2 Å². The number of nitrogens with zero attached hydrogens (tertiary/aromatic N) is 1. The monoisotopic (exact) mass is 351 g/mol. The van der Waals surface area contributed by atoms with Crippen LogP contribution < -0.4 is 11.3 Å². The highest BCUT2D eigenvalue weighted by atomic mass is 79.9. The Labute approximate surface area is 130 Å². The number of nitro groups is 1. The van der Waals surface area contributed by atoms with E-state index >= 15 is 0 Å². The van der Waals surface area contributed by atoms with Gasteiger partial charge >= 0.3 is 0 Å². The molecule has 0 amide bonds. The number of rotatable bonds is 6. The smallest absolute Gasteiger partial charge is 0.269 e. The van der Waals surface area contributed by atoms with Crippen LogP contribution in [-0.2, 0) is 18.0 Å². The molecule has 2 aromatic carbocycles. The molecule has 0 unspecified atom stereocenters. The third-order valence-electron chi connectivity index (χ3n) is 2.93. The molecule has 6 nitrogen and oxygen atoms in total. The number of nitrogens with two attached hydrogens (primary N) is 1. The minimum atomic E-state index is -0.447. The van der Waals surface area contributed by atoms with Gasteiger partial charge in [-0.15, -0.1) is 0 Å². The number of hydrogen-bond donors (Lipinski definition) is 2. The first-order chi connectivity index (χ1) is 10.1. The molecule has 0 heterocycles. The third kappa shape index (κ3) is 4.01. The van der Waals surface area contributed by atoms with Gasteiger partial charge in [-0.1, -0.05) is 34.1 Å². The zero-order valence-electron chi connectivity index (χ0n) is 11.1. The fraction of sp³-hybridized carbons (Fsp3) is 0.143. The van der Waals surface area contributed by atoms with Crippen LogP contribution in [0.1, 0.15) is 11.1 Å². The Morgan fingerprint density at radius 1 is 1.19 bits per heavy atom. The number of nitro benzene ring substituents is 1. The van der Waals surface area contributed by atoms with Crippen LogP contribution in [0.15, 0.2) is 46.9 Å². The highest BCUT2D eigenvalue weighted by molar-refractivity contribution is 9.10. The molecular weight excluding hydrogens is 338 g/mol. The highest BCUT2D eigenvalue weighted by Crippen LogP contribution is 2.23. The zero-order chi connectivity index (χ0) is 15.2. The lowest BCUT2D eigenvalue weighted by Crippen LogP contribution is -2.10. The van der Waals surface area contributed by atoms with Crippen LogP contribution in [0.4, 0.5) is 11.4 Å². The summed E-state index contributed by atoms with van der Waals surface area (Å²) in [4.78, 5) is 10.4. The second kappa shape index (κ2) is 7.16. The number of hydrogen-bond acceptors (Lipinski definition) is 5. The summed E-state index contributed by atoms with van der Waals surface area (Å²) in [7, 11) is 0. The van der Waals surface area contributed by atoms with Crippen LogP contribution >= 0.6 is 15.9 Å². The van der Waals surface area contributed by atoms with Crippen molar-refractivity contribution in [1.29, 1.82) is 0 Å². The van der Waals surface area contributed by atoms with Crippen LogP contribution in [0.3, 0.4) is 0 Å². The Hall–Kier alpha value is -1.96. The quantitative estimate of drug-likeness (QED) is 0.473. The van der Waals surface area contributed by atoms with E-state index in [1.807, 2.05) is 24.3 Å². The number of halogens is 1. The van der Waals surface area contributed by atoms with Crippen LogP contribution in [0, 0.1) is 10.1 Å². The van der Waals surface area contributed by atoms with Crippen LogP contribution in [0.2, 0.25) is 0 Å². The molecule has 0 aromatic heterocycles. The van der Waals surface area contributed by atoms with Crippen molar-refractivity contribution in [1.82, 2.24) is 0 Å². The molecule has 0 aliphatic carbocycles. The average Bonchev–Trinajstić information content (AvgIpc) is 2.49. The van der Waals surface area contributed by atoms with Gasteiger partial charge in [-0.25, -0.2) is 0 Å². The van der Waals surface area contributed by atoms with E-state index in [0.717, 1.165) is 10.0 Å². The first kappa shape index (κ1) is 15.4. The normalized spacial score (nSPS) is 10.4. The molecule has 0 bridgehead atoms. The summed E-state index contributed by atoms with van der Waals surface area (Å²) >= 11 is 3.44. The molecule has 110 valence electrons. The molecule has 0 spiro atoms. The maximum absolute atomic E-state index is 10.8. The largest absolute Gasteiger partial charge is 0.372 e. The third-order valence-corrected chi connectivity index (χ3v) is 3.70. The van der Waals surface area contributed by atoms with E-state index < -0.39 is 4.92 Å². The fourth-order valence-electron chi connectivity index (χ4n) is 1.84. The summed E-state index contributed by atoms with van der Waals surface area (Å²) in [5.41, 5.74) is 4.76. The van der Waals surface area contributed by atoms with Gasteiger partial charge < -0.3 is 10.2 Å². The molecule has 2 aromatic rings. The van der Waals surface area contributed by atoms with Gasteiger partial charge in [-0.05, 0) is 17.7 Å².